The van der Waals surface area contributed by atoms with Crippen molar-refractivity contribution in [3.63, 3.8) is 0 Å². The monoisotopic (exact) mass is 447 g/mol. The number of hydrogen-bond donors (Lipinski definition) is 0. The highest BCUT2D eigenvalue weighted by Gasteiger charge is 2.22. The lowest BCUT2D eigenvalue weighted by molar-refractivity contribution is -0.119. The molecule has 1 aliphatic rings. The molecule has 0 aliphatic carbocycles. The Morgan fingerprint density at radius 3 is 2.74 bits per heavy atom. The van der Waals surface area contributed by atoms with Crippen LogP contribution in [0.15, 0.2) is 42.5 Å². The zero-order chi connectivity index (χ0) is 21.6. The van der Waals surface area contributed by atoms with Crippen LogP contribution in [0.3, 0.4) is 0 Å². The number of rotatable bonds is 8. The number of thiazole rings is 1. The van der Waals surface area contributed by atoms with Gasteiger partial charge in [-0.15, -0.1) is 0 Å². The Hall–Kier alpha value is -2.62. The zero-order valence-corrected chi connectivity index (χ0v) is 17.7. The molecule has 9 heteroatoms. The average molecular weight is 448 g/mol. The molecule has 0 bridgehead atoms. The standard InChI is InChI=1S/C22H23F2N3O3S/c23-16-14-18(24)21-19(15-16)31-22(25-21)27(8-7-26-9-12-29-13-10-26)20(28)6-11-30-17-4-2-1-3-5-17/h1-5,14-15H,6-13H2. The number of carbonyl (C=O) groups is 1. The van der Waals surface area contributed by atoms with Gasteiger partial charge in [-0.2, -0.15) is 0 Å². The second-order valence-electron chi connectivity index (χ2n) is 7.14. The number of halogens is 2. The smallest absolute Gasteiger partial charge is 0.232 e. The molecule has 0 radical (unpaired) electrons. The molecular weight excluding hydrogens is 424 g/mol. The molecule has 1 aromatic heterocycles. The maximum absolute atomic E-state index is 14.2. The first-order chi connectivity index (χ1) is 15.1. The molecule has 0 atom stereocenters. The molecule has 2 aromatic carbocycles. The van der Waals surface area contributed by atoms with Crippen LogP contribution in [0.2, 0.25) is 0 Å². The maximum Gasteiger partial charge on any atom is 0.232 e. The molecule has 31 heavy (non-hydrogen) atoms. The van der Waals surface area contributed by atoms with Gasteiger partial charge < -0.3 is 9.47 Å². The van der Waals surface area contributed by atoms with E-state index in [9.17, 15) is 13.6 Å². The molecule has 0 N–H and O–H groups in total. The number of para-hydroxylation sites is 1. The van der Waals surface area contributed by atoms with Crippen molar-refractivity contribution in [1.29, 1.82) is 0 Å². The van der Waals surface area contributed by atoms with Gasteiger partial charge in [-0.25, -0.2) is 13.8 Å². The first kappa shape index (κ1) is 21.6. The number of hydrogen-bond acceptors (Lipinski definition) is 6. The number of carbonyl (C=O) groups excluding carboxylic acids is 1. The molecule has 0 spiro atoms. The summed E-state index contributed by atoms with van der Waals surface area (Å²) in [5.74, 6) is -0.884. The second-order valence-corrected chi connectivity index (χ2v) is 8.15. The fraction of sp³-hybridized carbons (Fsp3) is 0.364. The number of aromatic nitrogens is 1. The van der Waals surface area contributed by atoms with Crippen LogP contribution in [-0.2, 0) is 9.53 Å². The Kier molecular flexibility index (Phi) is 7.06. The van der Waals surface area contributed by atoms with Crippen molar-refractivity contribution in [2.75, 3.05) is 50.9 Å². The van der Waals surface area contributed by atoms with E-state index in [1.807, 2.05) is 30.3 Å². The number of nitrogens with zero attached hydrogens (tertiary/aromatic N) is 3. The fourth-order valence-corrected chi connectivity index (χ4v) is 4.41. The maximum atomic E-state index is 14.2. The van der Waals surface area contributed by atoms with Crippen LogP contribution in [0, 0.1) is 11.6 Å². The van der Waals surface area contributed by atoms with Crippen LogP contribution in [0.1, 0.15) is 6.42 Å². The van der Waals surface area contributed by atoms with Gasteiger partial charge in [0.1, 0.15) is 17.1 Å². The normalized spacial score (nSPS) is 14.6. The van der Waals surface area contributed by atoms with Gasteiger partial charge in [-0.3, -0.25) is 14.6 Å². The first-order valence-electron chi connectivity index (χ1n) is 10.1. The molecule has 3 aromatic rings. The molecule has 6 nitrogen and oxygen atoms in total. The topological polar surface area (TPSA) is 54.9 Å². The fourth-order valence-electron chi connectivity index (χ4n) is 3.36. The minimum Gasteiger partial charge on any atom is -0.493 e. The molecule has 1 fully saturated rings. The largest absolute Gasteiger partial charge is 0.493 e. The quantitative estimate of drug-likeness (QED) is 0.527. The summed E-state index contributed by atoms with van der Waals surface area (Å²) in [6, 6.07) is 11.3. The van der Waals surface area contributed by atoms with Gasteiger partial charge in [0.2, 0.25) is 5.91 Å². The molecule has 164 valence electrons. The van der Waals surface area contributed by atoms with Gasteiger partial charge in [0.25, 0.3) is 0 Å². The Morgan fingerprint density at radius 2 is 1.97 bits per heavy atom. The third kappa shape index (κ3) is 5.55. The van der Waals surface area contributed by atoms with Crippen LogP contribution in [-0.4, -0.2) is 61.8 Å². The molecule has 4 rings (SSSR count). The highest BCUT2D eigenvalue weighted by Crippen LogP contribution is 2.31. The van der Waals surface area contributed by atoms with Crippen molar-refractivity contribution >= 4 is 32.6 Å². The summed E-state index contributed by atoms with van der Waals surface area (Å²) in [5, 5.41) is 0.359. The average Bonchev–Trinajstić information content (AvgIpc) is 3.19. The Morgan fingerprint density at radius 1 is 1.19 bits per heavy atom. The zero-order valence-electron chi connectivity index (χ0n) is 16.9. The third-order valence-electron chi connectivity index (χ3n) is 5.01. The number of anilines is 1. The number of fused-ring (bicyclic) bond motifs is 1. The van der Waals surface area contributed by atoms with E-state index in [-0.39, 0.29) is 24.5 Å². The van der Waals surface area contributed by atoms with Crippen LogP contribution >= 0.6 is 11.3 Å². The minimum atomic E-state index is -0.731. The van der Waals surface area contributed by atoms with E-state index in [0.717, 1.165) is 30.5 Å². The van der Waals surface area contributed by atoms with Gasteiger partial charge in [0, 0.05) is 32.2 Å². The molecule has 1 amide bonds. The predicted molar refractivity (Wildman–Crippen MR) is 116 cm³/mol. The van der Waals surface area contributed by atoms with Gasteiger partial charge in [-0.1, -0.05) is 29.5 Å². The Bertz CT molecular complexity index is 1030. The van der Waals surface area contributed by atoms with Crippen molar-refractivity contribution < 1.29 is 23.0 Å². The number of benzene rings is 2. The lowest BCUT2D eigenvalue weighted by atomic mass is 10.3. The summed E-state index contributed by atoms with van der Waals surface area (Å²) >= 11 is 1.11. The molecule has 1 saturated heterocycles. The van der Waals surface area contributed by atoms with Crippen molar-refractivity contribution in [3.05, 3.63) is 54.1 Å². The molecule has 2 heterocycles. The molecule has 1 aliphatic heterocycles. The summed E-state index contributed by atoms with van der Waals surface area (Å²) < 4.78 is 39.2. The van der Waals surface area contributed by atoms with Crippen molar-refractivity contribution in [3.8, 4) is 5.75 Å². The highest BCUT2D eigenvalue weighted by molar-refractivity contribution is 7.22. The molecule has 0 saturated carbocycles. The van der Waals surface area contributed by atoms with Gasteiger partial charge >= 0.3 is 0 Å². The highest BCUT2D eigenvalue weighted by atomic mass is 32.1. The lowest BCUT2D eigenvalue weighted by Crippen LogP contribution is -2.43. The van der Waals surface area contributed by atoms with Gasteiger partial charge in [0.05, 0.1) is 30.9 Å². The number of morpholine rings is 1. The van der Waals surface area contributed by atoms with Crippen LogP contribution in [0.4, 0.5) is 13.9 Å². The van der Waals surface area contributed by atoms with Gasteiger partial charge in [0.15, 0.2) is 10.9 Å². The lowest BCUT2D eigenvalue weighted by Gasteiger charge is -2.29. The van der Waals surface area contributed by atoms with Crippen molar-refractivity contribution in [2.24, 2.45) is 0 Å². The summed E-state index contributed by atoms with van der Waals surface area (Å²) in [6.07, 6.45) is 0.144. The Labute approximate surface area is 183 Å². The van der Waals surface area contributed by atoms with E-state index in [1.54, 1.807) is 4.90 Å². The van der Waals surface area contributed by atoms with E-state index in [0.29, 0.717) is 41.9 Å². The van der Waals surface area contributed by atoms with E-state index in [1.165, 1.54) is 6.07 Å². The van der Waals surface area contributed by atoms with Gasteiger partial charge in [-0.05, 0) is 18.2 Å². The third-order valence-corrected chi connectivity index (χ3v) is 6.03. The molecular formula is C22H23F2N3O3S. The SMILES string of the molecule is O=C(CCOc1ccccc1)N(CCN1CCOCC1)c1nc2c(F)cc(F)cc2s1. The van der Waals surface area contributed by atoms with Crippen LogP contribution in [0.5, 0.6) is 5.75 Å². The Balaban J connectivity index is 1.49. The van der Waals surface area contributed by atoms with Crippen molar-refractivity contribution in [2.45, 2.75) is 6.42 Å². The van der Waals surface area contributed by atoms with E-state index in [4.69, 9.17) is 9.47 Å². The second kappa shape index (κ2) is 10.1. The van der Waals surface area contributed by atoms with Crippen molar-refractivity contribution in [1.82, 2.24) is 9.88 Å². The van der Waals surface area contributed by atoms with Crippen LogP contribution in [0.25, 0.3) is 10.2 Å². The van der Waals surface area contributed by atoms with E-state index < -0.39 is 11.6 Å². The predicted octanol–water partition coefficient (Wildman–Crippen LogP) is 3.71. The number of amides is 1. The van der Waals surface area contributed by atoms with Crippen LogP contribution < -0.4 is 9.64 Å². The van der Waals surface area contributed by atoms with E-state index >= 15 is 0 Å². The summed E-state index contributed by atoms with van der Waals surface area (Å²) in [5.41, 5.74) is 0.0751. The summed E-state index contributed by atoms with van der Waals surface area (Å²) in [4.78, 5) is 21.1. The summed E-state index contributed by atoms with van der Waals surface area (Å²) in [6.45, 7) is 4.15. The minimum absolute atomic E-state index is 0.0751. The number of ether oxygens (including phenoxy) is 2. The van der Waals surface area contributed by atoms with E-state index in [2.05, 4.69) is 9.88 Å². The first-order valence-corrected chi connectivity index (χ1v) is 11.0. The molecule has 0 unspecified atom stereocenters. The summed E-state index contributed by atoms with van der Waals surface area (Å²) in [7, 11) is 0.